The number of anilines is 1. The highest BCUT2D eigenvalue weighted by atomic mass is 32.2. The molecule has 1 amide bonds. The first kappa shape index (κ1) is 22.2. The molecule has 5 rings (SSSR count). The normalized spacial score (nSPS) is 17.4. The van der Waals surface area contributed by atoms with Crippen molar-refractivity contribution in [2.24, 2.45) is 0 Å². The molecule has 3 aromatic carbocycles. The number of carbonyl (C=O) groups is 1. The average molecular weight is 483 g/mol. The molecule has 2 heterocycles. The van der Waals surface area contributed by atoms with Crippen LogP contribution in [0.2, 0.25) is 0 Å². The Morgan fingerprint density at radius 3 is 2.53 bits per heavy atom. The van der Waals surface area contributed by atoms with Crippen molar-refractivity contribution in [2.75, 3.05) is 24.5 Å². The maximum Gasteiger partial charge on any atom is 0.262 e. The van der Waals surface area contributed by atoms with Gasteiger partial charge in [0.1, 0.15) is 19.0 Å². The van der Waals surface area contributed by atoms with Crippen molar-refractivity contribution in [3.8, 4) is 11.5 Å². The van der Waals surface area contributed by atoms with Crippen LogP contribution in [-0.4, -0.2) is 39.0 Å². The molecule has 1 N–H and O–H groups in total. The van der Waals surface area contributed by atoms with Crippen LogP contribution >= 0.6 is 0 Å². The molecule has 0 aromatic heterocycles. The highest BCUT2D eigenvalue weighted by molar-refractivity contribution is 7.92. The van der Waals surface area contributed by atoms with Gasteiger partial charge in [-0.3, -0.25) is 9.52 Å². The van der Waals surface area contributed by atoms with Crippen molar-refractivity contribution in [3.05, 3.63) is 83.7 Å². The standard InChI is InChI=1S/C25H23FN2O5S/c26-19-8-6-17(7-9-19)22-5-2-12-28(22)25(29)18-3-1-4-20(15-18)27-34(30,31)21-10-11-23-24(16-21)33-14-13-32-23/h1,3-4,6-11,15-16,22,27H,2,5,12-14H2. The number of fused-ring (bicyclic) bond motifs is 1. The van der Waals surface area contributed by atoms with Gasteiger partial charge in [0.2, 0.25) is 0 Å². The Morgan fingerprint density at radius 1 is 0.971 bits per heavy atom. The monoisotopic (exact) mass is 482 g/mol. The number of likely N-dealkylation sites (tertiary alicyclic amines) is 1. The van der Waals surface area contributed by atoms with E-state index in [4.69, 9.17) is 9.47 Å². The zero-order valence-corrected chi connectivity index (χ0v) is 19.1. The smallest absolute Gasteiger partial charge is 0.262 e. The van der Waals surface area contributed by atoms with E-state index < -0.39 is 10.0 Å². The molecule has 9 heteroatoms. The zero-order valence-electron chi connectivity index (χ0n) is 18.2. The van der Waals surface area contributed by atoms with E-state index in [2.05, 4.69) is 4.72 Å². The number of rotatable bonds is 5. The minimum absolute atomic E-state index is 0.0318. The number of benzene rings is 3. The number of hydrogen-bond donors (Lipinski definition) is 1. The van der Waals surface area contributed by atoms with E-state index in [0.717, 1.165) is 18.4 Å². The van der Waals surface area contributed by atoms with Gasteiger partial charge in [0, 0.05) is 23.9 Å². The molecule has 2 aliphatic heterocycles. The summed E-state index contributed by atoms with van der Waals surface area (Å²) >= 11 is 0. The molecule has 7 nitrogen and oxygen atoms in total. The lowest BCUT2D eigenvalue weighted by Crippen LogP contribution is -2.30. The van der Waals surface area contributed by atoms with E-state index >= 15 is 0 Å². The fourth-order valence-corrected chi connectivity index (χ4v) is 5.39. The molecule has 176 valence electrons. The Labute approximate surface area is 197 Å². The molecule has 1 unspecified atom stereocenters. The fourth-order valence-electron chi connectivity index (χ4n) is 4.33. The van der Waals surface area contributed by atoms with E-state index in [0.29, 0.717) is 36.8 Å². The van der Waals surface area contributed by atoms with Crippen molar-refractivity contribution in [1.82, 2.24) is 4.90 Å². The molecule has 0 bridgehead atoms. The average Bonchev–Trinajstić information content (AvgIpc) is 3.33. The number of ether oxygens (including phenoxy) is 2. The molecule has 1 fully saturated rings. The molecule has 0 spiro atoms. The maximum atomic E-state index is 13.3. The second-order valence-corrected chi connectivity index (χ2v) is 9.88. The molecule has 3 aromatic rings. The highest BCUT2D eigenvalue weighted by Gasteiger charge is 2.31. The lowest BCUT2D eigenvalue weighted by molar-refractivity contribution is 0.0735. The van der Waals surface area contributed by atoms with Gasteiger partial charge in [-0.1, -0.05) is 18.2 Å². The number of nitrogens with one attached hydrogen (secondary N) is 1. The summed E-state index contributed by atoms with van der Waals surface area (Å²) in [6.07, 6.45) is 1.62. The third-order valence-electron chi connectivity index (χ3n) is 5.95. The van der Waals surface area contributed by atoms with Gasteiger partial charge < -0.3 is 14.4 Å². The van der Waals surface area contributed by atoms with Gasteiger partial charge in [-0.05, 0) is 60.9 Å². The third kappa shape index (κ3) is 4.43. The first-order chi connectivity index (χ1) is 16.4. The van der Waals surface area contributed by atoms with E-state index in [1.807, 2.05) is 0 Å². The Kier molecular flexibility index (Phi) is 5.87. The van der Waals surface area contributed by atoms with Crippen LogP contribution in [0.15, 0.2) is 71.6 Å². The Hall–Kier alpha value is -3.59. The summed E-state index contributed by atoms with van der Waals surface area (Å²) in [5.74, 6) is 0.350. The first-order valence-electron chi connectivity index (χ1n) is 11.0. The predicted molar refractivity (Wildman–Crippen MR) is 124 cm³/mol. The minimum Gasteiger partial charge on any atom is -0.486 e. The number of amides is 1. The summed E-state index contributed by atoms with van der Waals surface area (Å²) in [4.78, 5) is 15.1. The Bertz CT molecular complexity index is 1330. The van der Waals surface area contributed by atoms with Crippen molar-refractivity contribution in [2.45, 2.75) is 23.8 Å². The summed E-state index contributed by atoms with van der Waals surface area (Å²) in [5, 5.41) is 0. The molecular formula is C25H23FN2O5S. The van der Waals surface area contributed by atoms with Crippen LogP contribution in [0, 0.1) is 5.82 Å². The molecule has 0 aliphatic carbocycles. The number of carbonyl (C=O) groups excluding carboxylic acids is 1. The van der Waals surface area contributed by atoms with E-state index in [-0.39, 0.29) is 28.3 Å². The van der Waals surface area contributed by atoms with Gasteiger partial charge in [-0.15, -0.1) is 0 Å². The van der Waals surface area contributed by atoms with Crippen LogP contribution in [0.1, 0.15) is 34.8 Å². The van der Waals surface area contributed by atoms with Crippen LogP contribution in [0.5, 0.6) is 11.5 Å². The molecule has 1 atom stereocenters. The van der Waals surface area contributed by atoms with Gasteiger partial charge in [0.05, 0.1) is 10.9 Å². The summed E-state index contributed by atoms with van der Waals surface area (Å²) in [7, 11) is -3.91. The van der Waals surface area contributed by atoms with Crippen molar-refractivity contribution in [1.29, 1.82) is 0 Å². The van der Waals surface area contributed by atoms with Gasteiger partial charge in [0.15, 0.2) is 11.5 Å². The zero-order chi connectivity index (χ0) is 23.7. The van der Waals surface area contributed by atoms with Gasteiger partial charge >= 0.3 is 0 Å². The fraction of sp³-hybridized carbons (Fsp3) is 0.240. The van der Waals surface area contributed by atoms with E-state index in [9.17, 15) is 17.6 Å². The number of nitrogens with zero attached hydrogens (tertiary/aromatic N) is 1. The van der Waals surface area contributed by atoms with E-state index in [1.165, 1.54) is 30.3 Å². The third-order valence-corrected chi connectivity index (χ3v) is 7.33. The van der Waals surface area contributed by atoms with Crippen molar-refractivity contribution in [3.63, 3.8) is 0 Å². The highest BCUT2D eigenvalue weighted by Crippen LogP contribution is 2.34. The first-order valence-corrected chi connectivity index (χ1v) is 12.5. The summed E-state index contributed by atoms with van der Waals surface area (Å²) < 4.78 is 52.7. The van der Waals surface area contributed by atoms with Gasteiger partial charge in [-0.2, -0.15) is 0 Å². The van der Waals surface area contributed by atoms with Crippen molar-refractivity contribution >= 4 is 21.6 Å². The molecule has 1 saturated heterocycles. The second kappa shape index (κ2) is 8.98. The summed E-state index contributed by atoms with van der Waals surface area (Å²) in [6, 6.07) is 16.9. The van der Waals surface area contributed by atoms with Crippen LogP contribution in [0.25, 0.3) is 0 Å². The van der Waals surface area contributed by atoms with E-state index in [1.54, 1.807) is 41.3 Å². The molecule has 2 aliphatic rings. The Balaban J connectivity index is 1.36. The molecule has 34 heavy (non-hydrogen) atoms. The maximum absolute atomic E-state index is 13.3. The lowest BCUT2D eigenvalue weighted by atomic mass is 10.0. The van der Waals surface area contributed by atoms with Crippen molar-refractivity contribution < 1.29 is 27.1 Å². The largest absolute Gasteiger partial charge is 0.486 e. The SMILES string of the molecule is O=C(c1cccc(NS(=O)(=O)c2ccc3c(c2)OCCO3)c1)N1CCCC1c1ccc(F)cc1. The predicted octanol–water partition coefficient (Wildman–Crippen LogP) is 4.38. The van der Waals surface area contributed by atoms with Gasteiger partial charge in [0.25, 0.3) is 15.9 Å². The van der Waals surface area contributed by atoms with Crippen LogP contribution < -0.4 is 14.2 Å². The van der Waals surface area contributed by atoms with Crippen LogP contribution in [-0.2, 0) is 10.0 Å². The number of sulfonamides is 1. The summed E-state index contributed by atoms with van der Waals surface area (Å²) in [6.45, 7) is 1.34. The minimum atomic E-state index is -3.91. The quantitative estimate of drug-likeness (QED) is 0.584. The van der Waals surface area contributed by atoms with Gasteiger partial charge in [-0.25, -0.2) is 12.8 Å². The Morgan fingerprint density at radius 2 is 1.74 bits per heavy atom. The van der Waals surface area contributed by atoms with Crippen LogP contribution in [0.3, 0.4) is 0 Å². The molecule has 0 radical (unpaired) electrons. The molecule has 0 saturated carbocycles. The summed E-state index contributed by atoms with van der Waals surface area (Å²) in [5.41, 5.74) is 1.53. The number of halogens is 1. The van der Waals surface area contributed by atoms with Crippen LogP contribution in [0.4, 0.5) is 10.1 Å². The number of hydrogen-bond acceptors (Lipinski definition) is 5. The lowest BCUT2D eigenvalue weighted by Gasteiger charge is -2.25. The second-order valence-electron chi connectivity index (χ2n) is 8.20. The topological polar surface area (TPSA) is 84.9 Å². The molecular weight excluding hydrogens is 459 g/mol.